The second-order valence-corrected chi connectivity index (χ2v) is 8.05. The molecule has 1 saturated heterocycles. The van der Waals surface area contributed by atoms with E-state index in [0.717, 1.165) is 10.5 Å². The topological polar surface area (TPSA) is 111 Å². The minimum atomic E-state index is -0.914. The summed E-state index contributed by atoms with van der Waals surface area (Å²) in [6.45, 7) is 2.30. The molecule has 0 bridgehead atoms. The van der Waals surface area contributed by atoms with E-state index in [2.05, 4.69) is 10.1 Å². The third-order valence-corrected chi connectivity index (χ3v) is 5.53. The van der Waals surface area contributed by atoms with Crippen molar-refractivity contribution in [3.05, 3.63) is 94.8 Å². The van der Waals surface area contributed by atoms with E-state index in [1.165, 1.54) is 49.6 Å². The Balaban J connectivity index is 1.59. The van der Waals surface area contributed by atoms with E-state index >= 15 is 0 Å². The molecule has 0 unspecified atom stereocenters. The average molecular weight is 518 g/mol. The summed E-state index contributed by atoms with van der Waals surface area (Å²) in [5, 5.41) is 2.16. The lowest BCUT2D eigenvalue weighted by Crippen LogP contribution is -2.54. The predicted octanol–water partition coefficient (Wildman–Crippen LogP) is 4.26. The molecule has 38 heavy (non-hydrogen) atoms. The van der Waals surface area contributed by atoms with E-state index in [1.807, 2.05) is 0 Å². The Labute approximate surface area is 217 Å². The number of ether oxygens (including phenoxy) is 3. The lowest BCUT2D eigenvalue weighted by atomic mass is 10.1. The van der Waals surface area contributed by atoms with Crippen LogP contribution in [-0.2, 0) is 20.9 Å². The number of urea groups is 1. The molecule has 10 heteroatoms. The lowest BCUT2D eigenvalue weighted by Gasteiger charge is -2.26. The van der Waals surface area contributed by atoms with Crippen molar-refractivity contribution in [3.8, 4) is 11.5 Å². The number of esters is 1. The summed E-state index contributed by atoms with van der Waals surface area (Å²) in [6, 6.07) is 15.4. The Bertz CT molecular complexity index is 1420. The summed E-state index contributed by atoms with van der Waals surface area (Å²) in [6.07, 6.45) is 1.34. The standard InChI is InChI=1S/C28H23FN2O7/c1-3-37-24-15-18(6-13-23(24)38-16-17-4-9-20(29)10-5-17)14-22-25(32)30-28(35)31(26(22)33)21-11-7-19(8-12-21)27(34)36-2/h4-15H,3,16H2,1-2H3,(H,30,32,35)/b22-14+. The van der Waals surface area contributed by atoms with Gasteiger partial charge in [0, 0.05) is 0 Å². The van der Waals surface area contributed by atoms with Crippen molar-refractivity contribution in [2.75, 3.05) is 18.6 Å². The van der Waals surface area contributed by atoms with Crippen LogP contribution in [0.3, 0.4) is 0 Å². The number of anilines is 1. The summed E-state index contributed by atoms with van der Waals surface area (Å²) in [5.74, 6) is -1.81. The summed E-state index contributed by atoms with van der Waals surface area (Å²) in [4.78, 5) is 50.7. The second-order valence-electron chi connectivity index (χ2n) is 8.05. The number of nitrogens with one attached hydrogen (secondary N) is 1. The molecule has 3 aromatic carbocycles. The minimum Gasteiger partial charge on any atom is -0.490 e. The van der Waals surface area contributed by atoms with Crippen LogP contribution in [-0.4, -0.2) is 37.5 Å². The maximum absolute atomic E-state index is 13.2. The number of benzene rings is 3. The van der Waals surface area contributed by atoms with Gasteiger partial charge in [0.05, 0.1) is 25.0 Å². The van der Waals surface area contributed by atoms with Crippen molar-refractivity contribution < 1.29 is 37.8 Å². The monoisotopic (exact) mass is 518 g/mol. The van der Waals surface area contributed by atoms with Gasteiger partial charge in [-0.1, -0.05) is 18.2 Å². The van der Waals surface area contributed by atoms with Gasteiger partial charge in [-0.25, -0.2) is 18.9 Å². The SMILES string of the molecule is CCOc1cc(/C=C2\C(=O)NC(=O)N(c3ccc(C(=O)OC)cc3)C2=O)ccc1OCc1ccc(F)cc1. The van der Waals surface area contributed by atoms with E-state index in [-0.39, 0.29) is 29.2 Å². The molecule has 4 rings (SSSR count). The van der Waals surface area contributed by atoms with Crippen molar-refractivity contribution in [2.45, 2.75) is 13.5 Å². The number of rotatable bonds is 8. The van der Waals surface area contributed by atoms with Crippen LogP contribution in [0.2, 0.25) is 0 Å². The van der Waals surface area contributed by atoms with E-state index in [9.17, 15) is 23.6 Å². The summed E-state index contributed by atoms with van der Waals surface area (Å²) in [5.41, 5.74) is 1.34. The number of hydrogen-bond donors (Lipinski definition) is 1. The fraction of sp³-hybridized carbons (Fsp3) is 0.143. The van der Waals surface area contributed by atoms with Crippen LogP contribution < -0.4 is 19.7 Å². The van der Waals surface area contributed by atoms with Crippen molar-refractivity contribution in [3.63, 3.8) is 0 Å². The molecule has 0 radical (unpaired) electrons. The molecule has 0 atom stereocenters. The first kappa shape index (κ1) is 26.1. The van der Waals surface area contributed by atoms with Gasteiger partial charge in [0.2, 0.25) is 0 Å². The van der Waals surface area contributed by atoms with Crippen molar-refractivity contribution >= 4 is 35.6 Å². The molecule has 4 amide bonds. The summed E-state index contributed by atoms with van der Waals surface area (Å²) < 4.78 is 29.3. The van der Waals surface area contributed by atoms with E-state index in [0.29, 0.717) is 23.7 Å². The van der Waals surface area contributed by atoms with Gasteiger partial charge in [0.15, 0.2) is 11.5 Å². The second kappa shape index (κ2) is 11.4. The van der Waals surface area contributed by atoms with Crippen LogP contribution in [0, 0.1) is 5.82 Å². The van der Waals surface area contributed by atoms with Crippen molar-refractivity contribution in [2.24, 2.45) is 0 Å². The highest BCUT2D eigenvalue weighted by molar-refractivity contribution is 6.39. The molecule has 1 N–H and O–H groups in total. The van der Waals surface area contributed by atoms with Crippen LogP contribution in [0.1, 0.15) is 28.4 Å². The molecule has 1 heterocycles. The average Bonchev–Trinajstić information content (AvgIpc) is 2.91. The molecule has 0 spiro atoms. The van der Waals surface area contributed by atoms with E-state index in [1.54, 1.807) is 37.3 Å². The quantitative estimate of drug-likeness (QED) is 0.270. The van der Waals surface area contributed by atoms with Gasteiger partial charge in [-0.15, -0.1) is 0 Å². The molecular formula is C28H23FN2O7. The Kier molecular flexibility index (Phi) is 7.81. The highest BCUT2D eigenvalue weighted by Crippen LogP contribution is 2.31. The molecule has 0 aliphatic carbocycles. The summed E-state index contributed by atoms with van der Waals surface area (Å²) in [7, 11) is 1.24. The van der Waals surface area contributed by atoms with E-state index in [4.69, 9.17) is 9.47 Å². The van der Waals surface area contributed by atoms with Gasteiger partial charge in [-0.3, -0.25) is 14.9 Å². The number of hydrogen-bond acceptors (Lipinski definition) is 7. The van der Waals surface area contributed by atoms with Gasteiger partial charge in [-0.05, 0) is 72.7 Å². The molecule has 194 valence electrons. The molecule has 1 aliphatic rings. The zero-order valence-corrected chi connectivity index (χ0v) is 20.5. The van der Waals surface area contributed by atoms with Crippen LogP contribution >= 0.6 is 0 Å². The Morgan fingerprint density at radius 2 is 1.66 bits per heavy atom. The molecule has 1 fully saturated rings. The Morgan fingerprint density at radius 3 is 2.32 bits per heavy atom. The normalized spacial score (nSPS) is 14.3. The van der Waals surface area contributed by atoms with Crippen LogP contribution in [0.25, 0.3) is 6.08 Å². The maximum Gasteiger partial charge on any atom is 0.337 e. The van der Waals surface area contributed by atoms with Crippen LogP contribution in [0.4, 0.5) is 14.9 Å². The van der Waals surface area contributed by atoms with Crippen LogP contribution in [0.15, 0.2) is 72.3 Å². The number of halogens is 1. The molecule has 1 aliphatic heterocycles. The molecule has 9 nitrogen and oxygen atoms in total. The maximum atomic E-state index is 13.2. The molecule has 0 aromatic heterocycles. The molecule has 0 saturated carbocycles. The number of barbiturate groups is 1. The zero-order chi connectivity index (χ0) is 27.2. The lowest BCUT2D eigenvalue weighted by molar-refractivity contribution is -0.122. The van der Waals surface area contributed by atoms with Gasteiger partial charge in [0.25, 0.3) is 11.8 Å². The first-order valence-corrected chi connectivity index (χ1v) is 11.5. The highest BCUT2D eigenvalue weighted by Gasteiger charge is 2.37. The number of carbonyl (C=O) groups excluding carboxylic acids is 4. The van der Waals surface area contributed by atoms with Crippen molar-refractivity contribution in [1.82, 2.24) is 5.32 Å². The number of nitrogens with zero attached hydrogens (tertiary/aromatic N) is 1. The first-order chi connectivity index (χ1) is 18.3. The number of methoxy groups -OCH3 is 1. The van der Waals surface area contributed by atoms with Gasteiger partial charge < -0.3 is 14.2 Å². The number of imide groups is 2. The molecule has 3 aromatic rings. The van der Waals surface area contributed by atoms with Crippen molar-refractivity contribution in [1.29, 1.82) is 0 Å². The predicted molar refractivity (Wildman–Crippen MR) is 135 cm³/mol. The zero-order valence-electron chi connectivity index (χ0n) is 20.5. The highest BCUT2D eigenvalue weighted by atomic mass is 19.1. The van der Waals surface area contributed by atoms with Gasteiger partial charge in [0.1, 0.15) is 18.0 Å². The first-order valence-electron chi connectivity index (χ1n) is 11.5. The van der Waals surface area contributed by atoms with E-state index < -0.39 is 23.8 Å². The largest absolute Gasteiger partial charge is 0.490 e. The Hall–Kier alpha value is -4.99. The number of carbonyl (C=O) groups is 4. The summed E-state index contributed by atoms with van der Waals surface area (Å²) >= 11 is 0. The van der Waals surface area contributed by atoms with Crippen LogP contribution in [0.5, 0.6) is 11.5 Å². The number of amides is 4. The third-order valence-electron chi connectivity index (χ3n) is 5.53. The van der Waals surface area contributed by atoms with Gasteiger partial charge in [-0.2, -0.15) is 0 Å². The fourth-order valence-electron chi connectivity index (χ4n) is 3.67. The smallest absolute Gasteiger partial charge is 0.337 e. The van der Waals surface area contributed by atoms with Gasteiger partial charge >= 0.3 is 12.0 Å². The Morgan fingerprint density at radius 1 is 0.947 bits per heavy atom. The molecular weight excluding hydrogens is 495 g/mol. The fourth-order valence-corrected chi connectivity index (χ4v) is 3.67. The third kappa shape index (κ3) is 5.70. The minimum absolute atomic E-state index is 0.165.